The maximum absolute atomic E-state index is 13.8. The van der Waals surface area contributed by atoms with Crippen LogP contribution in [0.1, 0.15) is 16.6 Å². The number of carbonyl (C=O) groups is 2. The van der Waals surface area contributed by atoms with Gasteiger partial charge in [0.1, 0.15) is 5.70 Å². The predicted octanol–water partition coefficient (Wildman–Crippen LogP) is 3.72. The van der Waals surface area contributed by atoms with E-state index < -0.39 is 11.4 Å². The number of hydrogen-bond acceptors (Lipinski definition) is 6. The van der Waals surface area contributed by atoms with Gasteiger partial charge in [0.15, 0.2) is 5.78 Å². The number of esters is 1. The molecule has 2 aromatic rings. The van der Waals surface area contributed by atoms with E-state index in [9.17, 15) is 9.59 Å². The molecule has 3 aliphatic rings. The normalized spacial score (nSPS) is 24.4. The molecule has 5 rings (SSSR count). The maximum Gasteiger partial charge on any atom is 0.354 e. The number of ether oxygens (including phenoxy) is 1. The number of Topliss-reactive ketones (excluding diaryl/α,β-unsaturated/α-hetero) is 1. The fourth-order valence-corrected chi connectivity index (χ4v) is 5.67. The SMILES string of the molecule is CCOC(=O)C1=CC23C(=CCN1)C=CC=C2NCC3C(=O)c1cc2ccccc2s1. The van der Waals surface area contributed by atoms with Crippen molar-refractivity contribution < 1.29 is 14.3 Å². The van der Waals surface area contributed by atoms with Crippen molar-refractivity contribution in [1.29, 1.82) is 0 Å². The average Bonchev–Trinajstić information content (AvgIpc) is 3.29. The number of rotatable bonds is 4. The number of carbonyl (C=O) groups excluding carboxylic acids is 2. The van der Waals surface area contributed by atoms with Gasteiger partial charge in [-0.15, -0.1) is 11.3 Å². The number of hydrogen-bond donors (Lipinski definition) is 2. The Hall–Kier alpha value is -3.12. The van der Waals surface area contributed by atoms with Crippen LogP contribution < -0.4 is 10.6 Å². The Kier molecular flexibility index (Phi) is 4.59. The predicted molar refractivity (Wildman–Crippen MR) is 118 cm³/mol. The standard InChI is InChI=1S/C24H22N2O3S/c1-2-29-23(28)18-13-24-16(10-11-25-18)7-5-9-21(24)26-14-17(24)22(27)20-12-15-6-3-4-8-19(15)30-20/h3-10,12-13,17,25-26H,2,11,14H2,1H3. The lowest BCUT2D eigenvalue weighted by molar-refractivity contribution is -0.139. The summed E-state index contributed by atoms with van der Waals surface area (Å²) < 4.78 is 6.35. The molecule has 0 bridgehead atoms. The van der Waals surface area contributed by atoms with Gasteiger partial charge in [-0.25, -0.2) is 4.79 Å². The quantitative estimate of drug-likeness (QED) is 0.585. The van der Waals surface area contributed by atoms with Crippen molar-refractivity contribution in [2.45, 2.75) is 6.92 Å². The molecule has 5 nitrogen and oxygen atoms in total. The maximum atomic E-state index is 13.8. The van der Waals surface area contributed by atoms with Crippen molar-refractivity contribution in [2.24, 2.45) is 11.3 Å². The Morgan fingerprint density at radius 2 is 2.13 bits per heavy atom. The molecule has 0 saturated carbocycles. The second-order valence-electron chi connectivity index (χ2n) is 7.57. The van der Waals surface area contributed by atoms with Crippen LogP contribution in [-0.4, -0.2) is 31.4 Å². The second-order valence-corrected chi connectivity index (χ2v) is 8.66. The van der Waals surface area contributed by atoms with Gasteiger partial charge in [0.2, 0.25) is 0 Å². The molecule has 1 aromatic carbocycles. The van der Waals surface area contributed by atoms with Crippen molar-refractivity contribution in [3.63, 3.8) is 0 Å². The Morgan fingerprint density at radius 1 is 1.27 bits per heavy atom. The van der Waals surface area contributed by atoms with Gasteiger partial charge in [-0.1, -0.05) is 36.4 Å². The zero-order chi connectivity index (χ0) is 20.7. The Morgan fingerprint density at radius 3 is 2.97 bits per heavy atom. The highest BCUT2D eigenvalue weighted by Gasteiger charge is 2.52. The molecule has 2 aliphatic heterocycles. The second kappa shape index (κ2) is 7.29. The molecule has 2 N–H and O–H groups in total. The van der Waals surface area contributed by atoms with E-state index in [4.69, 9.17) is 4.74 Å². The molecule has 1 aromatic heterocycles. The van der Waals surface area contributed by atoms with Crippen LogP contribution in [0.2, 0.25) is 0 Å². The number of ketones is 1. The molecule has 1 saturated heterocycles. The van der Waals surface area contributed by atoms with Crippen LogP contribution in [0.25, 0.3) is 10.1 Å². The third-order valence-corrected chi connectivity index (χ3v) is 7.11. The minimum absolute atomic E-state index is 0.0923. The molecule has 6 heteroatoms. The van der Waals surface area contributed by atoms with Gasteiger partial charge in [-0.2, -0.15) is 0 Å². The van der Waals surface area contributed by atoms with E-state index in [0.29, 0.717) is 25.4 Å². The summed E-state index contributed by atoms with van der Waals surface area (Å²) in [5.41, 5.74) is 1.67. The minimum Gasteiger partial charge on any atom is -0.461 e. The molecule has 1 aliphatic carbocycles. The molecule has 3 heterocycles. The van der Waals surface area contributed by atoms with Crippen LogP contribution in [0.4, 0.5) is 0 Å². The van der Waals surface area contributed by atoms with Crippen LogP contribution in [-0.2, 0) is 9.53 Å². The smallest absolute Gasteiger partial charge is 0.354 e. The van der Waals surface area contributed by atoms with E-state index in [2.05, 4.69) is 16.7 Å². The van der Waals surface area contributed by atoms with E-state index in [1.165, 1.54) is 11.3 Å². The summed E-state index contributed by atoms with van der Waals surface area (Å²) in [5, 5.41) is 7.67. The highest BCUT2D eigenvalue weighted by molar-refractivity contribution is 7.20. The number of thiophene rings is 1. The summed E-state index contributed by atoms with van der Waals surface area (Å²) in [4.78, 5) is 27.1. The lowest BCUT2D eigenvalue weighted by Crippen LogP contribution is -2.35. The molecule has 2 unspecified atom stereocenters. The molecule has 0 radical (unpaired) electrons. The van der Waals surface area contributed by atoms with Crippen LogP contribution >= 0.6 is 11.3 Å². The van der Waals surface area contributed by atoms with Crippen LogP contribution in [0.15, 0.2) is 77.7 Å². The third kappa shape index (κ3) is 2.82. The van der Waals surface area contributed by atoms with Crippen molar-refractivity contribution in [1.82, 2.24) is 10.6 Å². The first-order valence-corrected chi connectivity index (χ1v) is 10.9. The Balaban J connectivity index is 1.62. The molecule has 2 atom stereocenters. The summed E-state index contributed by atoms with van der Waals surface area (Å²) in [7, 11) is 0. The van der Waals surface area contributed by atoms with Crippen LogP contribution in [0.3, 0.4) is 0 Å². The number of allylic oxidation sites excluding steroid dienone is 4. The lowest BCUT2D eigenvalue weighted by atomic mass is 9.66. The van der Waals surface area contributed by atoms with Gasteiger partial charge in [0, 0.05) is 23.5 Å². The van der Waals surface area contributed by atoms with E-state index in [1.807, 2.05) is 54.6 Å². The minimum atomic E-state index is -0.701. The summed E-state index contributed by atoms with van der Waals surface area (Å²) >= 11 is 1.53. The van der Waals surface area contributed by atoms with Gasteiger partial charge in [-0.05, 0) is 42.2 Å². The highest BCUT2D eigenvalue weighted by atomic mass is 32.1. The van der Waals surface area contributed by atoms with E-state index >= 15 is 0 Å². The van der Waals surface area contributed by atoms with E-state index in [-0.39, 0.29) is 11.7 Å². The zero-order valence-electron chi connectivity index (χ0n) is 16.6. The number of fused-ring (bicyclic) bond motifs is 1. The van der Waals surface area contributed by atoms with Crippen molar-refractivity contribution >= 4 is 33.2 Å². The van der Waals surface area contributed by atoms with Gasteiger partial charge < -0.3 is 15.4 Å². The van der Waals surface area contributed by atoms with Gasteiger partial charge in [0.25, 0.3) is 0 Å². The van der Waals surface area contributed by atoms with Crippen molar-refractivity contribution in [3.8, 4) is 0 Å². The monoisotopic (exact) mass is 418 g/mol. The first kappa shape index (κ1) is 18.9. The third-order valence-electron chi connectivity index (χ3n) is 5.98. The van der Waals surface area contributed by atoms with Crippen molar-refractivity contribution in [3.05, 3.63) is 82.6 Å². The highest BCUT2D eigenvalue weighted by Crippen LogP contribution is 2.52. The molecule has 30 heavy (non-hydrogen) atoms. The van der Waals surface area contributed by atoms with Gasteiger partial charge >= 0.3 is 5.97 Å². The fraction of sp³-hybridized carbons (Fsp3) is 0.250. The summed E-state index contributed by atoms with van der Waals surface area (Å²) in [6.07, 6.45) is 9.98. The molecule has 0 amide bonds. The van der Waals surface area contributed by atoms with Gasteiger partial charge in [0.05, 0.1) is 22.8 Å². The summed E-state index contributed by atoms with van der Waals surface area (Å²) in [6.45, 7) is 3.11. The van der Waals surface area contributed by atoms with E-state index in [1.54, 1.807) is 6.92 Å². The summed E-state index contributed by atoms with van der Waals surface area (Å²) in [6, 6.07) is 10.0. The Bertz CT molecular complexity index is 1140. The molecule has 1 fully saturated rings. The van der Waals surface area contributed by atoms with E-state index in [0.717, 1.165) is 26.2 Å². The first-order valence-electron chi connectivity index (χ1n) is 10.1. The molecular weight excluding hydrogens is 396 g/mol. The fourth-order valence-electron chi connectivity index (χ4n) is 4.61. The van der Waals surface area contributed by atoms with Crippen molar-refractivity contribution in [2.75, 3.05) is 19.7 Å². The summed E-state index contributed by atoms with van der Waals surface area (Å²) in [5.74, 6) is -0.651. The van der Waals surface area contributed by atoms with Gasteiger partial charge in [-0.3, -0.25) is 4.79 Å². The largest absolute Gasteiger partial charge is 0.461 e. The Labute approximate surface area is 178 Å². The van der Waals surface area contributed by atoms with Crippen LogP contribution in [0, 0.1) is 11.3 Å². The average molecular weight is 419 g/mol. The topological polar surface area (TPSA) is 67.4 Å². The molecular formula is C24H22N2O3S. The number of nitrogens with one attached hydrogen (secondary N) is 2. The number of benzene rings is 1. The molecule has 1 spiro atoms. The first-order chi connectivity index (χ1) is 14.6. The zero-order valence-corrected chi connectivity index (χ0v) is 17.4. The lowest BCUT2D eigenvalue weighted by Gasteiger charge is -2.34. The van der Waals surface area contributed by atoms with Crippen LogP contribution in [0.5, 0.6) is 0 Å². The molecule has 152 valence electrons.